The van der Waals surface area contributed by atoms with Crippen molar-refractivity contribution in [3.05, 3.63) is 23.8 Å². The first kappa shape index (κ1) is 13.0. The number of carbonyl (C=O) groups is 1. The van der Waals surface area contributed by atoms with Crippen molar-refractivity contribution >= 4 is 5.91 Å². The maximum atomic E-state index is 12.3. The van der Waals surface area contributed by atoms with E-state index in [4.69, 9.17) is 0 Å². The van der Waals surface area contributed by atoms with Gasteiger partial charge in [0.15, 0.2) is 0 Å². The van der Waals surface area contributed by atoms with E-state index >= 15 is 0 Å². The van der Waals surface area contributed by atoms with Crippen LogP contribution in [0.15, 0.2) is 23.8 Å². The fourth-order valence-electron chi connectivity index (χ4n) is 2.28. The van der Waals surface area contributed by atoms with Gasteiger partial charge >= 0.3 is 0 Å². The first-order valence-corrected chi connectivity index (χ1v) is 6.38. The van der Waals surface area contributed by atoms with Gasteiger partial charge in [-0.3, -0.25) is 4.79 Å². The average molecular weight is 221 g/mol. The van der Waals surface area contributed by atoms with Crippen molar-refractivity contribution in [1.29, 1.82) is 0 Å². The van der Waals surface area contributed by atoms with Gasteiger partial charge in [-0.05, 0) is 32.1 Å². The molecule has 0 aliphatic carbocycles. The molecule has 0 spiro atoms. The van der Waals surface area contributed by atoms with Crippen molar-refractivity contribution in [3.63, 3.8) is 0 Å². The van der Waals surface area contributed by atoms with Crippen LogP contribution in [0, 0.1) is 0 Å². The second-order valence-corrected chi connectivity index (χ2v) is 4.28. The molecule has 0 bridgehead atoms. The molecule has 0 aromatic carbocycles. The van der Waals surface area contributed by atoms with Gasteiger partial charge in [-0.1, -0.05) is 32.1 Å². The summed E-state index contributed by atoms with van der Waals surface area (Å²) in [6.45, 7) is 9.82. The lowest BCUT2D eigenvalue weighted by molar-refractivity contribution is -0.127. The van der Waals surface area contributed by atoms with Gasteiger partial charge in [-0.2, -0.15) is 0 Å². The van der Waals surface area contributed by atoms with Crippen LogP contribution in [-0.2, 0) is 4.79 Å². The van der Waals surface area contributed by atoms with Crippen molar-refractivity contribution in [2.75, 3.05) is 13.1 Å². The van der Waals surface area contributed by atoms with E-state index in [0.29, 0.717) is 0 Å². The number of amides is 1. The Kier molecular flexibility index (Phi) is 5.30. The molecule has 1 fully saturated rings. The molecule has 0 aromatic rings. The van der Waals surface area contributed by atoms with Crippen molar-refractivity contribution in [2.45, 2.75) is 46.0 Å². The molecule has 0 atom stereocenters. The molecule has 16 heavy (non-hydrogen) atoms. The standard InChI is InChI=1S/C14H23NO/c1-4-12(5-2)13(6-3)14(16)15-10-8-7-9-11-15/h6H,3-5,7-11H2,1-2H3. The summed E-state index contributed by atoms with van der Waals surface area (Å²) in [4.78, 5) is 14.3. The predicted molar refractivity (Wildman–Crippen MR) is 68.2 cm³/mol. The van der Waals surface area contributed by atoms with E-state index in [1.54, 1.807) is 6.08 Å². The molecule has 1 aliphatic heterocycles. The Balaban J connectivity index is 2.83. The molecule has 90 valence electrons. The summed E-state index contributed by atoms with van der Waals surface area (Å²) in [5.74, 6) is 0.188. The van der Waals surface area contributed by atoms with Gasteiger partial charge in [0.05, 0.1) is 0 Å². The summed E-state index contributed by atoms with van der Waals surface area (Å²) in [5.41, 5.74) is 2.07. The summed E-state index contributed by atoms with van der Waals surface area (Å²) in [6, 6.07) is 0. The summed E-state index contributed by atoms with van der Waals surface area (Å²) in [5, 5.41) is 0. The van der Waals surface area contributed by atoms with E-state index in [9.17, 15) is 4.79 Å². The highest BCUT2D eigenvalue weighted by Crippen LogP contribution is 2.18. The van der Waals surface area contributed by atoms with Crippen LogP contribution in [0.1, 0.15) is 46.0 Å². The van der Waals surface area contributed by atoms with Gasteiger partial charge in [0, 0.05) is 18.7 Å². The monoisotopic (exact) mass is 221 g/mol. The fourth-order valence-corrected chi connectivity index (χ4v) is 2.28. The molecular formula is C14H23NO. The van der Waals surface area contributed by atoms with E-state index in [1.165, 1.54) is 12.0 Å². The Labute approximate surface area is 99.0 Å². The van der Waals surface area contributed by atoms with Crippen molar-refractivity contribution < 1.29 is 4.79 Å². The Bertz CT molecular complexity index is 279. The molecule has 2 heteroatoms. The molecular weight excluding hydrogens is 198 g/mol. The highest BCUT2D eigenvalue weighted by atomic mass is 16.2. The largest absolute Gasteiger partial charge is 0.339 e. The third-order valence-electron chi connectivity index (χ3n) is 3.31. The van der Waals surface area contributed by atoms with E-state index in [0.717, 1.165) is 44.3 Å². The Morgan fingerprint density at radius 2 is 1.75 bits per heavy atom. The molecule has 0 unspecified atom stereocenters. The van der Waals surface area contributed by atoms with Crippen LogP contribution in [-0.4, -0.2) is 23.9 Å². The Morgan fingerprint density at radius 3 is 2.19 bits per heavy atom. The van der Waals surface area contributed by atoms with Gasteiger partial charge in [-0.25, -0.2) is 0 Å². The second-order valence-electron chi connectivity index (χ2n) is 4.28. The van der Waals surface area contributed by atoms with Gasteiger partial charge in [0.2, 0.25) is 0 Å². The maximum absolute atomic E-state index is 12.3. The van der Waals surface area contributed by atoms with E-state index in [2.05, 4.69) is 20.4 Å². The van der Waals surface area contributed by atoms with Gasteiger partial charge in [-0.15, -0.1) is 0 Å². The summed E-state index contributed by atoms with van der Waals surface area (Å²) in [6.07, 6.45) is 7.16. The molecule has 0 N–H and O–H groups in total. The molecule has 1 rings (SSSR count). The Hall–Kier alpha value is -1.05. The summed E-state index contributed by atoms with van der Waals surface area (Å²) >= 11 is 0. The highest BCUT2D eigenvalue weighted by Gasteiger charge is 2.20. The molecule has 1 heterocycles. The SMILES string of the molecule is C=CC(C(=O)N1CCCCC1)=C(CC)CC. The van der Waals surface area contributed by atoms with Crippen molar-refractivity contribution in [2.24, 2.45) is 0 Å². The number of hydrogen-bond donors (Lipinski definition) is 0. The van der Waals surface area contributed by atoms with Crippen LogP contribution >= 0.6 is 0 Å². The minimum absolute atomic E-state index is 0.188. The van der Waals surface area contributed by atoms with E-state index in [1.807, 2.05) is 4.90 Å². The number of piperidine rings is 1. The minimum Gasteiger partial charge on any atom is -0.339 e. The lowest BCUT2D eigenvalue weighted by atomic mass is 10.0. The highest BCUT2D eigenvalue weighted by molar-refractivity contribution is 5.96. The van der Waals surface area contributed by atoms with Crippen molar-refractivity contribution in [3.8, 4) is 0 Å². The van der Waals surface area contributed by atoms with Crippen LogP contribution in [0.4, 0.5) is 0 Å². The number of likely N-dealkylation sites (tertiary alicyclic amines) is 1. The van der Waals surface area contributed by atoms with Gasteiger partial charge in [0.1, 0.15) is 0 Å². The molecule has 2 nitrogen and oxygen atoms in total. The third kappa shape index (κ3) is 2.97. The first-order valence-electron chi connectivity index (χ1n) is 6.38. The second kappa shape index (κ2) is 6.51. The average Bonchev–Trinajstić information content (AvgIpc) is 2.36. The van der Waals surface area contributed by atoms with E-state index in [-0.39, 0.29) is 5.91 Å². The van der Waals surface area contributed by atoms with Crippen LogP contribution < -0.4 is 0 Å². The fraction of sp³-hybridized carbons (Fsp3) is 0.643. The quantitative estimate of drug-likeness (QED) is 0.527. The Morgan fingerprint density at radius 1 is 1.19 bits per heavy atom. The lowest BCUT2D eigenvalue weighted by Crippen LogP contribution is -2.36. The van der Waals surface area contributed by atoms with Gasteiger partial charge in [0.25, 0.3) is 5.91 Å². The van der Waals surface area contributed by atoms with Crippen LogP contribution in [0.5, 0.6) is 0 Å². The minimum atomic E-state index is 0.188. The number of hydrogen-bond acceptors (Lipinski definition) is 1. The number of allylic oxidation sites excluding steroid dienone is 1. The number of carbonyl (C=O) groups excluding carboxylic acids is 1. The zero-order chi connectivity index (χ0) is 12.0. The zero-order valence-corrected chi connectivity index (χ0v) is 10.6. The number of rotatable bonds is 4. The first-order chi connectivity index (χ1) is 7.74. The molecule has 1 amide bonds. The van der Waals surface area contributed by atoms with Gasteiger partial charge < -0.3 is 4.90 Å². The van der Waals surface area contributed by atoms with E-state index < -0.39 is 0 Å². The smallest absolute Gasteiger partial charge is 0.253 e. The summed E-state index contributed by atoms with van der Waals surface area (Å²) < 4.78 is 0. The molecule has 1 saturated heterocycles. The predicted octanol–water partition coefficient (Wildman–Crippen LogP) is 3.30. The molecule has 1 aliphatic rings. The normalized spacial score (nSPS) is 15.8. The summed E-state index contributed by atoms with van der Waals surface area (Å²) in [7, 11) is 0. The van der Waals surface area contributed by atoms with Crippen molar-refractivity contribution in [1.82, 2.24) is 4.90 Å². The topological polar surface area (TPSA) is 20.3 Å². The van der Waals surface area contributed by atoms with Crippen LogP contribution in [0.25, 0.3) is 0 Å². The zero-order valence-electron chi connectivity index (χ0n) is 10.6. The lowest BCUT2D eigenvalue weighted by Gasteiger charge is -2.27. The van der Waals surface area contributed by atoms with Crippen LogP contribution in [0.3, 0.4) is 0 Å². The maximum Gasteiger partial charge on any atom is 0.253 e. The van der Waals surface area contributed by atoms with Crippen LogP contribution in [0.2, 0.25) is 0 Å². The molecule has 0 radical (unpaired) electrons. The molecule has 0 saturated carbocycles. The molecule has 0 aromatic heterocycles. The number of nitrogens with zero attached hydrogens (tertiary/aromatic N) is 1. The third-order valence-corrected chi connectivity index (χ3v) is 3.31.